The van der Waals surface area contributed by atoms with Gasteiger partial charge in [0, 0.05) is 19.8 Å². The lowest BCUT2D eigenvalue weighted by Gasteiger charge is -2.48. The Morgan fingerprint density at radius 2 is 1.51 bits per heavy atom. The molecule has 188 valence electrons. The molecule has 0 amide bonds. The lowest BCUT2D eigenvalue weighted by atomic mass is 9.86. The average Bonchev–Trinajstić information content (AvgIpc) is 2.88. The highest BCUT2D eigenvalue weighted by molar-refractivity contribution is 8.12. The van der Waals surface area contributed by atoms with Crippen LogP contribution in [0.5, 0.6) is 0 Å². The fourth-order valence-corrected chi connectivity index (χ4v) is 7.01. The number of hydrogen-bond donors (Lipinski definition) is 1. The Labute approximate surface area is 211 Å². The second-order valence-electron chi connectivity index (χ2n) is 10.2. The molecule has 1 unspecified atom stereocenters. The standard InChI is InChI=1S/C30H40N2O2S/c1-25-12-10-11-17-30(25)27-18-21-32(22-19-27)23-20-28(26-13-6-4-7-14-26)24-31(2)35(3,33,34)29-15-8-5-9-16-29/h4-17,27-28H,18-24H2,1-3H3,(H,33,34). The van der Waals surface area contributed by atoms with Gasteiger partial charge >= 0.3 is 0 Å². The van der Waals surface area contributed by atoms with Gasteiger partial charge in [0.15, 0.2) is 0 Å². The summed E-state index contributed by atoms with van der Waals surface area (Å²) in [5, 5.41) is 0. The van der Waals surface area contributed by atoms with E-state index in [1.165, 1.54) is 35.8 Å². The Hall–Kier alpha value is -2.31. The molecule has 4 rings (SSSR count). The van der Waals surface area contributed by atoms with E-state index in [2.05, 4.69) is 60.4 Å². The Morgan fingerprint density at radius 3 is 2.14 bits per heavy atom. The topological polar surface area (TPSA) is 43.8 Å². The summed E-state index contributed by atoms with van der Waals surface area (Å²) >= 11 is 0. The highest BCUT2D eigenvalue weighted by Crippen LogP contribution is 2.35. The molecule has 0 radical (unpaired) electrons. The zero-order valence-electron chi connectivity index (χ0n) is 21.3. The minimum Gasteiger partial charge on any atom is -0.303 e. The number of likely N-dealkylation sites (tertiary alicyclic amines) is 1. The molecule has 0 bridgehead atoms. The maximum atomic E-state index is 13.8. The molecule has 1 atom stereocenters. The van der Waals surface area contributed by atoms with Gasteiger partial charge < -0.3 is 4.90 Å². The highest BCUT2D eigenvalue weighted by Gasteiger charge is 2.32. The summed E-state index contributed by atoms with van der Waals surface area (Å²) < 4.78 is 26.9. The molecule has 5 heteroatoms. The molecule has 0 aliphatic carbocycles. The molecule has 4 nitrogen and oxygen atoms in total. The molecule has 1 aliphatic heterocycles. The van der Waals surface area contributed by atoms with Gasteiger partial charge in [0.1, 0.15) is 0 Å². The van der Waals surface area contributed by atoms with Crippen molar-refractivity contribution >= 4 is 9.53 Å². The number of nitrogens with zero attached hydrogens (tertiary/aromatic N) is 2. The minimum absolute atomic E-state index is 0.176. The number of hydrogen-bond acceptors (Lipinski definition) is 2. The average molecular weight is 493 g/mol. The normalized spacial score (nSPS) is 17.7. The van der Waals surface area contributed by atoms with E-state index in [1.54, 1.807) is 23.5 Å². The quantitative estimate of drug-likeness (QED) is 0.388. The van der Waals surface area contributed by atoms with Crippen molar-refractivity contribution in [3.05, 3.63) is 102 Å². The first-order valence-corrected chi connectivity index (χ1v) is 15.0. The first-order chi connectivity index (χ1) is 16.7. The molecule has 0 aromatic heterocycles. The molecule has 1 fully saturated rings. The number of likely N-dealkylation sites (N-methyl/N-ethyl adjacent to an activating group) is 1. The van der Waals surface area contributed by atoms with E-state index in [0.29, 0.717) is 17.4 Å². The van der Waals surface area contributed by atoms with Crippen LogP contribution in [-0.2, 0) is 9.53 Å². The van der Waals surface area contributed by atoms with Crippen molar-refractivity contribution in [1.29, 1.82) is 0 Å². The van der Waals surface area contributed by atoms with Gasteiger partial charge in [-0.25, -0.2) is 4.31 Å². The summed E-state index contributed by atoms with van der Waals surface area (Å²) in [5.41, 5.74) is 4.13. The van der Waals surface area contributed by atoms with E-state index in [9.17, 15) is 8.76 Å². The monoisotopic (exact) mass is 492 g/mol. The van der Waals surface area contributed by atoms with Gasteiger partial charge in [-0.2, -0.15) is 4.21 Å². The fourth-order valence-electron chi connectivity index (χ4n) is 5.34. The Balaban J connectivity index is 1.42. The van der Waals surface area contributed by atoms with Crippen molar-refractivity contribution in [2.45, 2.75) is 42.9 Å². The molecule has 0 spiro atoms. The van der Waals surface area contributed by atoms with Gasteiger partial charge in [-0.3, -0.25) is 4.55 Å². The third kappa shape index (κ3) is 6.10. The van der Waals surface area contributed by atoms with E-state index < -0.39 is 9.53 Å². The number of rotatable bonds is 9. The zero-order chi connectivity index (χ0) is 24.9. The Bertz CT molecular complexity index is 1150. The van der Waals surface area contributed by atoms with Gasteiger partial charge in [-0.05, 0) is 86.5 Å². The molecular weight excluding hydrogens is 452 g/mol. The second-order valence-corrected chi connectivity index (χ2v) is 13.8. The molecule has 1 saturated heterocycles. The Morgan fingerprint density at radius 1 is 0.943 bits per heavy atom. The van der Waals surface area contributed by atoms with Crippen molar-refractivity contribution in [2.75, 3.05) is 39.5 Å². The van der Waals surface area contributed by atoms with Gasteiger partial charge in [0.25, 0.3) is 0 Å². The van der Waals surface area contributed by atoms with Crippen LogP contribution < -0.4 is 0 Å². The Kier molecular flexibility index (Phi) is 7.92. The molecular formula is C30H40N2O2S. The lowest BCUT2D eigenvalue weighted by Crippen LogP contribution is -2.49. The van der Waals surface area contributed by atoms with Crippen molar-refractivity contribution < 1.29 is 8.76 Å². The van der Waals surface area contributed by atoms with Crippen LogP contribution in [0, 0.1) is 6.92 Å². The third-order valence-corrected chi connectivity index (χ3v) is 10.8. The second kappa shape index (κ2) is 10.8. The minimum atomic E-state index is -4.13. The van der Waals surface area contributed by atoms with Crippen LogP contribution >= 0.6 is 0 Å². The number of benzene rings is 3. The molecule has 3 aromatic rings. The zero-order valence-corrected chi connectivity index (χ0v) is 22.2. The van der Waals surface area contributed by atoms with Gasteiger partial charge in [0.05, 0.1) is 4.90 Å². The smallest absolute Gasteiger partial charge is 0.0689 e. The van der Waals surface area contributed by atoms with Crippen molar-refractivity contribution in [3.8, 4) is 0 Å². The van der Waals surface area contributed by atoms with Crippen LogP contribution in [0.2, 0.25) is 0 Å². The predicted molar refractivity (Wildman–Crippen MR) is 147 cm³/mol. The summed E-state index contributed by atoms with van der Waals surface area (Å²) in [6.45, 7) is 5.96. The first kappa shape index (κ1) is 25.8. The van der Waals surface area contributed by atoms with E-state index in [-0.39, 0.29) is 5.92 Å². The summed E-state index contributed by atoms with van der Waals surface area (Å²) in [4.78, 5) is 3.04. The maximum Gasteiger partial charge on any atom is 0.0689 e. The van der Waals surface area contributed by atoms with Crippen molar-refractivity contribution in [2.24, 2.45) is 0 Å². The maximum absolute atomic E-state index is 13.8. The van der Waals surface area contributed by atoms with Gasteiger partial charge in [-0.15, -0.1) is 9.53 Å². The van der Waals surface area contributed by atoms with E-state index >= 15 is 0 Å². The molecule has 1 aliphatic rings. The van der Waals surface area contributed by atoms with E-state index in [0.717, 1.165) is 26.1 Å². The molecule has 1 N–H and O–H groups in total. The van der Waals surface area contributed by atoms with E-state index in [1.807, 2.05) is 24.3 Å². The molecule has 3 aromatic carbocycles. The molecule has 35 heavy (non-hydrogen) atoms. The number of aryl methyl sites for hydroxylation is 1. The van der Waals surface area contributed by atoms with Crippen LogP contribution in [0.15, 0.2) is 89.8 Å². The van der Waals surface area contributed by atoms with Crippen LogP contribution in [0.25, 0.3) is 0 Å². The third-order valence-electron chi connectivity index (χ3n) is 7.78. The van der Waals surface area contributed by atoms with Crippen LogP contribution in [0.3, 0.4) is 0 Å². The van der Waals surface area contributed by atoms with Crippen molar-refractivity contribution in [3.63, 3.8) is 0 Å². The van der Waals surface area contributed by atoms with Gasteiger partial charge in [-0.1, -0.05) is 72.8 Å². The predicted octanol–water partition coefficient (Wildman–Crippen LogP) is 6.18. The molecule has 1 heterocycles. The fraction of sp³-hybridized carbons (Fsp3) is 0.400. The highest BCUT2D eigenvalue weighted by atomic mass is 32.3. The largest absolute Gasteiger partial charge is 0.303 e. The summed E-state index contributed by atoms with van der Waals surface area (Å²) in [5.74, 6) is 0.824. The summed E-state index contributed by atoms with van der Waals surface area (Å²) in [6, 6.07) is 28.3. The SMILES string of the molecule is Cc1ccccc1C1CCN(CCC(CN(C)S(C)(=O)(O)c2ccccc2)c2ccccc2)CC1. The summed E-state index contributed by atoms with van der Waals surface area (Å²) in [7, 11) is -2.35. The van der Waals surface area contributed by atoms with E-state index in [4.69, 9.17) is 0 Å². The molecule has 0 saturated carbocycles. The van der Waals surface area contributed by atoms with Gasteiger partial charge in [0.2, 0.25) is 0 Å². The van der Waals surface area contributed by atoms with Crippen LogP contribution in [0.1, 0.15) is 47.8 Å². The first-order valence-electron chi connectivity index (χ1n) is 12.7. The van der Waals surface area contributed by atoms with Crippen LogP contribution in [0.4, 0.5) is 0 Å². The van der Waals surface area contributed by atoms with Crippen molar-refractivity contribution in [1.82, 2.24) is 9.21 Å². The summed E-state index contributed by atoms with van der Waals surface area (Å²) in [6.07, 6.45) is 4.82. The number of piperidine rings is 1. The lowest BCUT2D eigenvalue weighted by molar-refractivity contribution is 0.202. The van der Waals surface area contributed by atoms with Crippen LogP contribution in [-0.4, -0.2) is 57.4 Å².